The van der Waals surface area contributed by atoms with Gasteiger partial charge in [-0.2, -0.15) is 0 Å². The van der Waals surface area contributed by atoms with Crippen molar-refractivity contribution in [3.63, 3.8) is 0 Å². The van der Waals surface area contributed by atoms with E-state index in [1.807, 2.05) is 37.3 Å². The smallest absolute Gasteiger partial charge is 0.275 e. The average molecular weight is 352 g/mol. The number of allylic oxidation sites excluding steroid dienone is 1. The van der Waals surface area contributed by atoms with Gasteiger partial charge in [0.1, 0.15) is 5.56 Å². The van der Waals surface area contributed by atoms with Crippen LogP contribution in [0.15, 0.2) is 52.3 Å². The molecular weight excluding hydrogens is 338 g/mol. The summed E-state index contributed by atoms with van der Waals surface area (Å²) in [7, 11) is 0. The number of aromatic nitrogens is 2. The first kappa shape index (κ1) is 15.5. The molecular formula is C19H14ClN3O2. The van der Waals surface area contributed by atoms with E-state index < -0.39 is 0 Å². The number of halogens is 1. The second-order valence-corrected chi connectivity index (χ2v) is 6.23. The third-order valence-electron chi connectivity index (χ3n) is 4.18. The third kappa shape index (κ3) is 2.58. The van der Waals surface area contributed by atoms with Gasteiger partial charge in [-0.05, 0) is 36.8 Å². The summed E-state index contributed by atoms with van der Waals surface area (Å²) in [5.41, 5.74) is 3.82. The van der Waals surface area contributed by atoms with E-state index in [0.29, 0.717) is 10.7 Å². The molecule has 0 bridgehead atoms. The summed E-state index contributed by atoms with van der Waals surface area (Å²) in [4.78, 5) is 16.6. The lowest BCUT2D eigenvalue weighted by molar-refractivity contribution is 0.432. The normalized spacial score (nSPS) is 14.2. The fourth-order valence-corrected chi connectivity index (χ4v) is 2.96. The molecule has 1 aliphatic heterocycles. The summed E-state index contributed by atoms with van der Waals surface area (Å²) < 4.78 is 1.32. The van der Waals surface area contributed by atoms with E-state index in [0.717, 1.165) is 22.4 Å². The molecule has 0 fully saturated rings. The Labute approximate surface area is 148 Å². The fraction of sp³-hybridized carbons (Fsp3) is 0.0526. The number of hydrogen-bond donors (Lipinski definition) is 2. The molecule has 25 heavy (non-hydrogen) atoms. The minimum Gasteiger partial charge on any atom is -0.493 e. The van der Waals surface area contributed by atoms with Gasteiger partial charge in [-0.1, -0.05) is 35.9 Å². The second kappa shape index (κ2) is 5.79. The highest BCUT2D eigenvalue weighted by Crippen LogP contribution is 2.33. The Morgan fingerprint density at radius 2 is 2.04 bits per heavy atom. The number of nitrogens with zero attached hydrogens (tertiary/aromatic N) is 2. The largest absolute Gasteiger partial charge is 0.493 e. The van der Waals surface area contributed by atoms with Crippen molar-refractivity contribution < 1.29 is 5.11 Å². The van der Waals surface area contributed by atoms with Gasteiger partial charge in [-0.15, -0.1) is 0 Å². The van der Waals surface area contributed by atoms with Crippen LogP contribution in [0.25, 0.3) is 17.3 Å². The topological polar surface area (TPSA) is 70.4 Å². The number of aliphatic imine (C=N–C) groups is 1. The van der Waals surface area contributed by atoms with Gasteiger partial charge >= 0.3 is 0 Å². The lowest BCUT2D eigenvalue weighted by Gasteiger charge is -2.06. The molecule has 2 aromatic carbocycles. The van der Waals surface area contributed by atoms with Gasteiger partial charge in [-0.25, -0.2) is 4.68 Å². The molecule has 0 aliphatic carbocycles. The molecule has 3 aromatic rings. The standard InChI is InChI=1S/C19H14ClN3O2/c1-11-6-7-13(9-16(11)20)23-19(25)15(18(24)22-23)8-12-10-21-17-5-3-2-4-14(12)17/h2-10,25H,1H3,(H,22,24)/b12-8+. The van der Waals surface area contributed by atoms with E-state index in [2.05, 4.69) is 10.1 Å². The molecule has 0 saturated heterocycles. The van der Waals surface area contributed by atoms with Gasteiger partial charge in [-0.3, -0.25) is 14.9 Å². The predicted molar refractivity (Wildman–Crippen MR) is 100 cm³/mol. The van der Waals surface area contributed by atoms with Crippen molar-refractivity contribution in [2.75, 3.05) is 0 Å². The monoisotopic (exact) mass is 351 g/mol. The van der Waals surface area contributed by atoms with Crippen molar-refractivity contribution in [1.29, 1.82) is 0 Å². The highest BCUT2D eigenvalue weighted by atomic mass is 35.5. The zero-order valence-electron chi connectivity index (χ0n) is 13.3. The lowest BCUT2D eigenvalue weighted by Crippen LogP contribution is -2.05. The third-order valence-corrected chi connectivity index (χ3v) is 4.59. The number of aryl methyl sites for hydroxylation is 1. The molecule has 2 heterocycles. The van der Waals surface area contributed by atoms with Crippen molar-refractivity contribution in [1.82, 2.24) is 9.78 Å². The van der Waals surface area contributed by atoms with Gasteiger partial charge in [0.15, 0.2) is 0 Å². The van der Waals surface area contributed by atoms with Crippen LogP contribution in [0.3, 0.4) is 0 Å². The van der Waals surface area contributed by atoms with Gasteiger partial charge in [0.25, 0.3) is 5.56 Å². The summed E-state index contributed by atoms with van der Waals surface area (Å²) in [6.07, 6.45) is 3.32. The molecule has 0 saturated carbocycles. The summed E-state index contributed by atoms with van der Waals surface area (Å²) in [6.45, 7) is 1.89. The number of nitrogens with one attached hydrogen (secondary N) is 1. The Morgan fingerprint density at radius 1 is 1.24 bits per heavy atom. The van der Waals surface area contributed by atoms with Crippen LogP contribution in [0.5, 0.6) is 5.88 Å². The summed E-state index contributed by atoms with van der Waals surface area (Å²) in [5, 5.41) is 13.7. The van der Waals surface area contributed by atoms with Gasteiger partial charge in [0.05, 0.1) is 11.4 Å². The van der Waals surface area contributed by atoms with Crippen LogP contribution in [0.4, 0.5) is 5.69 Å². The number of para-hydroxylation sites is 1. The Kier molecular flexibility index (Phi) is 3.58. The van der Waals surface area contributed by atoms with Gasteiger partial charge in [0, 0.05) is 22.4 Å². The number of fused-ring (bicyclic) bond motifs is 1. The maximum atomic E-state index is 12.3. The van der Waals surface area contributed by atoms with Crippen LogP contribution in [0.2, 0.25) is 5.02 Å². The maximum Gasteiger partial charge on any atom is 0.275 e. The van der Waals surface area contributed by atoms with Crippen LogP contribution in [-0.4, -0.2) is 21.1 Å². The van der Waals surface area contributed by atoms with Gasteiger partial charge in [0.2, 0.25) is 5.88 Å². The molecule has 1 aliphatic rings. The van der Waals surface area contributed by atoms with E-state index in [1.54, 1.807) is 24.4 Å². The van der Waals surface area contributed by atoms with Crippen molar-refractivity contribution in [3.05, 3.63) is 74.5 Å². The number of aromatic hydroxyl groups is 1. The van der Waals surface area contributed by atoms with E-state index in [4.69, 9.17) is 11.6 Å². The molecule has 1 aromatic heterocycles. The van der Waals surface area contributed by atoms with Crippen LogP contribution >= 0.6 is 11.6 Å². The molecule has 0 atom stereocenters. The van der Waals surface area contributed by atoms with Crippen LogP contribution in [0, 0.1) is 6.92 Å². The molecule has 0 unspecified atom stereocenters. The lowest BCUT2D eigenvalue weighted by atomic mass is 10.1. The summed E-state index contributed by atoms with van der Waals surface area (Å²) in [6, 6.07) is 12.9. The highest BCUT2D eigenvalue weighted by Gasteiger charge is 2.17. The second-order valence-electron chi connectivity index (χ2n) is 5.82. The first-order chi connectivity index (χ1) is 12.0. The Balaban J connectivity index is 1.82. The van der Waals surface area contributed by atoms with Crippen LogP contribution in [-0.2, 0) is 0 Å². The number of aromatic amines is 1. The SMILES string of the molecule is Cc1ccc(-n2[nH]c(=O)c(/C=C3\C=Nc4ccccc43)c2O)cc1Cl. The van der Waals surface area contributed by atoms with E-state index in [1.165, 1.54) is 4.68 Å². The Hall–Kier alpha value is -3.05. The average Bonchev–Trinajstić information content (AvgIpc) is 3.14. The quantitative estimate of drug-likeness (QED) is 0.730. The zero-order valence-corrected chi connectivity index (χ0v) is 14.1. The first-order valence-electron chi connectivity index (χ1n) is 7.70. The molecule has 0 spiro atoms. The van der Waals surface area contributed by atoms with E-state index in [9.17, 15) is 9.90 Å². The van der Waals surface area contributed by atoms with E-state index in [-0.39, 0.29) is 17.0 Å². The van der Waals surface area contributed by atoms with Crippen LogP contribution < -0.4 is 5.56 Å². The number of benzene rings is 2. The van der Waals surface area contributed by atoms with E-state index >= 15 is 0 Å². The van der Waals surface area contributed by atoms with Crippen molar-refractivity contribution in [2.45, 2.75) is 6.92 Å². The highest BCUT2D eigenvalue weighted by molar-refractivity contribution is 6.31. The molecule has 4 rings (SSSR count). The maximum absolute atomic E-state index is 12.3. The molecule has 0 amide bonds. The van der Waals surface area contributed by atoms with Crippen LogP contribution in [0.1, 0.15) is 16.7 Å². The number of H-pyrrole nitrogens is 1. The van der Waals surface area contributed by atoms with Crippen molar-refractivity contribution in [3.8, 4) is 11.6 Å². The minimum absolute atomic E-state index is 0.171. The van der Waals surface area contributed by atoms with Gasteiger partial charge < -0.3 is 5.11 Å². The molecule has 2 N–H and O–H groups in total. The minimum atomic E-state index is -0.389. The molecule has 6 heteroatoms. The first-order valence-corrected chi connectivity index (χ1v) is 8.08. The zero-order chi connectivity index (χ0) is 17.6. The molecule has 124 valence electrons. The Bertz CT molecular complexity index is 1110. The molecule has 0 radical (unpaired) electrons. The Morgan fingerprint density at radius 3 is 2.84 bits per heavy atom. The summed E-state index contributed by atoms with van der Waals surface area (Å²) >= 11 is 6.14. The predicted octanol–water partition coefficient (Wildman–Crippen LogP) is 4.09. The van der Waals surface area contributed by atoms with Crippen molar-refractivity contribution in [2.24, 2.45) is 4.99 Å². The fourth-order valence-electron chi connectivity index (χ4n) is 2.78. The summed E-state index contributed by atoms with van der Waals surface area (Å²) in [5.74, 6) is -0.171. The number of rotatable bonds is 2. The number of hydrogen-bond acceptors (Lipinski definition) is 3. The van der Waals surface area contributed by atoms with Crippen molar-refractivity contribution >= 4 is 35.2 Å². The molecule has 5 nitrogen and oxygen atoms in total.